The van der Waals surface area contributed by atoms with Gasteiger partial charge in [-0.2, -0.15) is 0 Å². The van der Waals surface area contributed by atoms with Gasteiger partial charge < -0.3 is 14.6 Å². The Morgan fingerprint density at radius 3 is 2.29 bits per heavy atom. The maximum absolute atomic E-state index is 6.08. The third-order valence-electron chi connectivity index (χ3n) is 6.83. The lowest BCUT2D eigenvalue weighted by molar-refractivity contribution is 0.415. The highest BCUT2D eigenvalue weighted by Gasteiger charge is 2.28. The van der Waals surface area contributed by atoms with E-state index in [1.54, 1.807) is 7.11 Å². The Hall–Kier alpha value is -3.83. The van der Waals surface area contributed by atoms with Crippen LogP contribution in [-0.4, -0.2) is 21.1 Å². The number of methoxy groups -OCH3 is 1. The highest BCUT2D eigenvalue weighted by atomic mass is 32.1. The molecule has 0 amide bonds. The van der Waals surface area contributed by atoms with Crippen molar-refractivity contribution in [1.29, 1.82) is 0 Å². The average Bonchev–Trinajstić information content (AvgIpc) is 3.33. The number of anilines is 1. The van der Waals surface area contributed by atoms with E-state index in [0.29, 0.717) is 0 Å². The van der Waals surface area contributed by atoms with Crippen LogP contribution in [0.25, 0.3) is 28.0 Å². The zero-order valence-corrected chi connectivity index (χ0v) is 20.5. The number of rotatable bonds is 5. The van der Waals surface area contributed by atoms with Crippen molar-refractivity contribution >= 4 is 28.5 Å². The van der Waals surface area contributed by atoms with E-state index in [4.69, 9.17) is 17.0 Å². The number of thiocarbonyl (C=S) groups is 1. The van der Waals surface area contributed by atoms with Gasteiger partial charge in [-0.1, -0.05) is 72.9 Å². The standard InChI is InChI=1S/C30H27N3OS/c1-34-24-17-15-22(16-18-24)27-25-14-8-9-19-32-26(21-10-4-2-5-11-21)20-33(30(25)32)28(27)29(35)31-23-12-6-3-7-13-23/h2-7,10-13,15-18,20H,8-9,14,19H2,1H3,(H,31,35). The largest absolute Gasteiger partial charge is 0.497 e. The maximum Gasteiger partial charge on any atom is 0.128 e. The molecule has 0 saturated heterocycles. The molecule has 6 rings (SSSR count). The molecule has 1 aliphatic rings. The van der Waals surface area contributed by atoms with E-state index in [-0.39, 0.29) is 0 Å². The van der Waals surface area contributed by atoms with E-state index in [1.807, 2.05) is 30.3 Å². The van der Waals surface area contributed by atoms with Crippen LogP contribution in [-0.2, 0) is 13.0 Å². The van der Waals surface area contributed by atoms with Gasteiger partial charge >= 0.3 is 0 Å². The predicted molar refractivity (Wildman–Crippen MR) is 148 cm³/mol. The molecule has 5 aromatic rings. The fourth-order valence-corrected chi connectivity index (χ4v) is 5.55. The Balaban J connectivity index is 1.61. The number of nitrogens with zero attached hydrogens (tertiary/aromatic N) is 2. The molecule has 1 aliphatic heterocycles. The van der Waals surface area contributed by atoms with Gasteiger partial charge in [0, 0.05) is 29.6 Å². The molecule has 0 unspecified atom stereocenters. The van der Waals surface area contributed by atoms with Crippen molar-refractivity contribution in [3.05, 3.63) is 102 Å². The van der Waals surface area contributed by atoms with Gasteiger partial charge in [-0.15, -0.1) is 0 Å². The van der Waals surface area contributed by atoms with Crippen LogP contribution in [0.15, 0.2) is 91.1 Å². The summed E-state index contributed by atoms with van der Waals surface area (Å²) in [6.45, 7) is 0.998. The molecule has 2 aromatic heterocycles. The van der Waals surface area contributed by atoms with Crippen molar-refractivity contribution in [2.24, 2.45) is 0 Å². The monoisotopic (exact) mass is 477 g/mol. The highest BCUT2D eigenvalue weighted by molar-refractivity contribution is 7.81. The van der Waals surface area contributed by atoms with Gasteiger partial charge in [0.2, 0.25) is 0 Å². The van der Waals surface area contributed by atoms with E-state index in [9.17, 15) is 0 Å². The molecule has 1 N–H and O–H groups in total. The van der Waals surface area contributed by atoms with Gasteiger partial charge in [0.1, 0.15) is 16.4 Å². The normalized spacial score (nSPS) is 12.9. The number of aryl methyl sites for hydroxylation is 2. The Morgan fingerprint density at radius 1 is 0.857 bits per heavy atom. The van der Waals surface area contributed by atoms with E-state index in [1.165, 1.54) is 28.0 Å². The summed E-state index contributed by atoms with van der Waals surface area (Å²) in [5, 5.41) is 3.50. The number of benzene rings is 3. The Labute approximate surface area is 210 Å². The third-order valence-corrected chi connectivity index (χ3v) is 7.12. The van der Waals surface area contributed by atoms with Gasteiger partial charge in [-0.25, -0.2) is 0 Å². The Kier molecular flexibility index (Phi) is 5.63. The summed E-state index contributed by atoms with van der Waals surface area (Å²) in [6.07, 6.45) is 5.60. The molecular weight excluding hydrogens is 450 g/mol. The molecule has 0 atom stereocenters. The molecule has 4 nitrogen and oxygen atoms in total. The lowest BCUT2D eigenvalue weighted by atomic mass is 9.98. The van der Waals surface area contributed by atoms with E-state index < -0.39 is 0 Å². The molecule has 0 bridgehead atoms. The highest BCUT2D eigenvalue weighted by Crippen LogP contribution is 2.40. The quantitative estimate of drug-likeness (QED) is 0.271. The minimum Gasteiger partial charge on any atom is -0.497 e. The van der Waals surface area contributed by atoms with Crippen LogP contribution in [0.5, 0.6) is 5.75 Å². The molecule has 3 heterocycles. The minimum atomic E-state index is 0.723. The molecule has 3 aromatic carbocycles. The SMILES string of the molecule is COc1ccc(-c2c3c4n(c(-c5ccccc5)cn4c2C(=S)Nc2ccccc2)CCCC3)cc1. The number of hydrogen-bond donors (Lipinski definition) is 1. The smallest absolute Gasteiger partial charge is 0.128 e. The minimum absolute atomic E-state index is 0.723. The lowest BCUT2D eigenvalue weighted by Gasteiger charge is -2.12. The van der Waals surface area contributed by atoms with Crippen molar-refractivity contribution in [1.82, 2.24) is 8.97 Å². The number of ether oxygens (including phenoxy) is 1. The molecule has 0 fully saturated rings. The first-order valence-corrected chi connectivity index (χ1v) is 12.5. The van der Waals surface area contributed by atoms with Crippen LogP contribution in [0.3, 0.4) is 0 Å². The first-order valence-electron chi connectivity index (χ1n) is 12.1. The number of imidazole rings is 1. The Bertz CT molecular complexity index is 1500. The third kappa shape index (κ3) is 3.82. The summed E-state index contributed by atoms with van der Waals surface area (Å²) in [4.78, 5) is 0.723. The Morgan fingerprint density at radius 2 is 1.57 bits per heavy atom. The van der Waals surface area contributed by atoms with E-state index in [2.05, 4.69) is 75.1 Å². The van der Waals surface area contributed by atoms with Gasteiger partial charge in [0.15, 0.2) is 0 Å². The second-order valence-corrected chi connectivity index (χ2v) is 9.34. The lowest BCUT2D eigenvalue weighted by Crippen LogP contribution is -2.14. The summed E-state index contributed by atoms with van der Waals surface area (Å²) in [6, 6.07) is 29.2. The fraction of sp³-hybridized carbons (Fsp3) is 0.167. The number of hydrogen-bond acceptors (Lipinski definition) is 2. The van der Waals surface area contributed by atoms with Gasteiger partial charge in [-0.05, 0) is 54.7 Å². The number of nitrogens with one attached hydrogen (secondary N) is 1. The fourth-order valence-electron chi connectivity index (χ4n) is 5.23. The van der Waals surface area contributed by atoms with Crippen LogP contribution < -0.4 is 10.1 Å². The molecule has 0 radical (unpaired) electrons. The van der Waals surface area contributed by atoms with E-state index >= 15 is 0 Å². The summed E-state index contributed by atoms with van der Waals surface area (Å²) < 4.78 is 10.2. The molecule has 0 aliphatic carbocycles. The van der Waals surface area contributed by atoms with Crippen molar-refractivity contribution in [2.45, 2.75) is 25.8 Å². The molecular formula is C30H27N3OS. The zero-order valence-electron chi connectivity index (χ0n) is 19.7. The van der Waals surface area contributed by atoms with Crippen molar-refractivity contribution in [3.63, 3.8) is 0 Å². The molecule has 174 valence electrons. The zero-order chi connectivity index (χ0) is 23.8. The topological polar surface area (TPSA) is 30.6 Å². The van der Waals surface area contributed by atoms with Gasteiger partial charge in [0.05, 0.1) is 18.5 Å². The number of para-hydroxylation sites is 1. The predicted octanol–water partition coefficient (Wildman–Crippen LogP) is 7.21. The molecule has 0 spiro atoms. The molecule has 0 saturated carbocycles. The van der Waals surface area contributed by atoms with Gasteiger partial charge in [-0.3, -0.25) is 4.40 Å². The second-order valence-electron chi connectivity index (χ2n) is 8.93. The van der Waals surface area contributed by atoms with Crippen LogP contribution >= 0.6 is 12.2 Å². The van der Waals surface area contributed by atoms with Crippen LogP contribution in [0.1, 0.15) is 24.1 Å². The number of aromatic nitrogens is 2. The summed E-state index contributed by atoms with van der Waals surface area (Å²) in [5.74, 6) is 0.853. The van der Waals surface area contributed by atoms with Crippen LogP contribution in [0, 0.1) is 0 Å². The summed E-state index contributed by atoms with van der Waals surface area (Å²) in [5.41, 5.74) is 9.47. The van der Waals surface area contributed by atoms with Gasteiger partial charge in [0.25, 0.3) is 0 Å². The van der Waals surface area contributed by atoms with Crippen molar-refractivity contribution < 1.29 is 4.74 Å². The second kappa shape index (κ2) is 9.08. The average molecular weight is 478 g/mol. The van der Waals surface area contributed by atoms with Crippen molar-refractivity contribution in [3.8, 4) is 28.1 Å². The summed E-state index contributed by atoms with van der Waals surface area (Å²) in [7, 11) is 1.70. The first kappa shape index (κ1) is 21.7. The molecule has 35 heavy (non-hydrogen) atoms. The first-order chi connectivity index (χ1) is 17.2. The van der Waals surface area contributed by atoms with Crippen molar-refractivity contribution in [2.75, 3.05) is 12.4 Å². The molecule has 5 heteroatoms. The van der Waals surface area contributed by atoms with Crippen LogP contribution in [0.4, 0.5) is 5.69 Å². The van der Waals surface area contributed by atoms with E-state index in [0.717, 1.165) is 53.5 Å². The maximum atomic E-state index is 6.08. The van der Waals surface area contributed by atoms with Crippen LogP contribution in [0.2, 0.25) is 0 Å². The summed E-state index contributed by atoms with van der Waals surface area (Å²) >= 11 is 6.08.